The second-order valence-corrected chi connectivity index (χ2v) is 17.4. The Labute approximate surface area is 227 Å². The van der Waals surface area contributed by atoms with E-state index in [9.17, 15) is 8.42 Å². The molecule has 2 aromatic rings. The maximum Gasteiger partial charge on any atom is 0.305 e. The molecule has 2 aromatic carbocycles. The fourth-order valence-corrected chi connectivity index (χ4v) is 9.94. The highest BCUT2D eigenvalue weighted by Gasteiger charge is 2.54. The van der Waals surface area contributed by atoms with E-state index in [1.807, 2.05) is 50.2 Å². The van der Waals surface area contributed by atoms with Gasteiger partial charge in [-0.1, -0.05) is 81.4 Å². The molecule has 0 aromatic heterocycles. The third kappa shape index (κ3) is 6.56. The van der Waals surface area contributed by atoms with Gasteiger partial charge in [-0.25, -0.2) is 4.89 Å². The van der Waals surface area contributed by atoms with Crippen LogP contribution < -0.4 is 10.4 Å². The first kappa shape index (κ1) is 29.4. The van der Waals surface area contributed by atoms with Crippen LogP contribution in [0, 0.1) is 5.92 Å². The van der Waals surface area contributed by atoms with Gasteiger partial charge in [-0.3, -0.25) is 8.76 Å². The van der Waals surface area contributed by atoms with Crippen molar-refractivity contribution in [3.05, 3.63) is 60.7 Å². The minimum atomic E-state index is -3.58. The van der Waals surface area contributed by atoms with Crippen LogP contribution in [0.3, 0.4) is 0 Å². The Kier molecular flexibility index (Phi) is 8.85. The van der Waals surface area contributed by atoms with Crippen molar-refractivity contribution in [3.8, 4) is 0 Å². The van der Waals surface area contributed by atoms with Crippen molar-refractivity contribution < 1.29 is 36.3 Å². The molecule has 0 unspecified atom stereocenters. The van der Waals surface area contributed by atoms with Gasteiger partial charge in [0, 0.05) is 5.92 Å². The summed E-state index contributed by atoms with van der Waals surface area (Å²) in [6.45, 7) is 10.9. The van der Waals surface area contributed by atoms with E-state index in [4.69, 9.17) is 27.9 Å². The zero-order chi connectivity index (χ0) is 27.6. The smallest absolute Gasteiger partial charge is 0.305 e. The highest BCUT2D eigenvalue weighted by Crippen LogP contribution is 2.40. The Bertz CT molecular complexity index is 1110. The van der Waals surface area contributed by atoms with Crippen molar-refractivity contribution in [1.29, 1.82) is 0 Å². The molecule has 210 valence electrons. The van der Waals surface area contributed by atoms with E-state index >= 15 is 0 Å². The molecule has 38 heavy (non-hydrogen) atoms. The molecule has 0 amide bonds. The number of ether oxygens (including phenoxy) is 3. The van der Waals surface area contributed by atoms with Crippen molar-refractivity contribution in [2.45, 2.75) is 70.2 Å². The standard InChI is InChI=1S/C28H40O8SSi/c1-27(2,3)38(21-13-9-7-10-14-21,22-15-11-8-12-16-22)36-35-24-19-31-26(25-20-32-28(4,5)34-25)23(24)17-18-33-37(6,29)30/h7-16,23-26H,17-20H2,1-6H3/t23-,24-,25+,26-/m0/s1. The molecular formula is C28H40O8SSi. The summed E-state index contributed by atoms with van der Waals surface area (Å²) in [6, 6.07) is 20.5. The van der Waals surface area contributed by atoms with Crippen molar-refractivity contribution >= 4 is 28.8 Å². The van der Waals surface area contributed by atoms with Gasteiger partial charge in [0.15, 0.2) is 5.79 Å². The largest absolute Gasteiger partial charge is 0.372 e. The molecule has 0 aliphatic carbocycles. The fraction of sp³-hybridized carbons (Fsp3) is 0.571. The quantitative estimate of drug-likeness (QED) is 0.188. The van der Waals surface area contributed by atoms with Crippen molar-refractivity contribution in [2.24, 2.45) is 5.92 Å². The first-order valence-corrected chi connectivity index (χ1v) is 16.8. The Morgan fingerprint density at radius 1 is 0.974 bits per heavy atom. The van der Waals surface area contributed by atoms with Crippen LogP contribution in [0.5, 0.6) is 0 Å². The lowest BCUT2D eigenvalue weighted by molar-refractivity contribution is -0.263. The number of hydrogen-bond acceptors (Lipinski definition) is 8. The molecule has 2 aliphatic rings. The van der Waals surface area contributed by atoms with Crippen LogP contribution >= 0.6 is 0 Å². The first-order valence-electron chi connectivity index (χ1n) is 13.1. The summed E-state index contributed by atoms with van der Waals surface area (Å²) in [5, 5.41) is 1.93. The molecule has 2 heterocycles. The molecule has 0 radical (unpaired) electrons. The van der Waals surface area contributed by atoms with E-state index < -0.39 is 30.3 Å². The Morgan fingerprint density at radius 2 is 1.55 bits per heavy atom. The Morgan fingerprint density at radius 3 is 2.03 bits per heavy atom. The molecule has 2 saturated heterocycles. The van der Waals surface area contributed by atoms with Crippen LogP contribution in [-0.2, 0) is 38.0 Å². The van der Waals surface area contributed by atoms with E-state index in [2.05, 4.69) is 45.0 Å². The molecule has 0 N–H and O–H groups in total. The molecule has 0 spiro atoms. The van der Waals surface area contributed by atoms with Gasteiger partial charge in [0.1, 0.15) is 12.2 Å². The van der Waals surface area contributed by atoms with Crippen LogP contribution in [0.15, 0.2) is 60.7 Å². The third-order valence-electron chi connectivity index (χ3n) is 7.21. The maximum absolute atomic E-state index is 11.6. The zero-order valence-corrected chi connectivity index (χ0v) is 24.9. The van der Waals surface area contributed by atoms with Crippen molar-refractivity contribution in [1.82, 2.24) is 0 Å². The summed E-state index contributed by atoms with van der Waals surface area (Å²) < 4.78 is 53.2. The van der Waals surface area contributed by atoms with E-state index in [0.29, 0.717) is 13.0 Å². The predicted octanol–water partition coefficient (Wildman–Crippen LogP) is 3.40. The van der Waals surface area contributed by atoms with Crippen molar-refractivity contribution in [3.63, 3.8) is 0 Å². The van der Waals surface area contributed by atoms with Crippen LogP contribution in [0.4, 0.5) is 0 Å². The zero-order valence-electron chi connectivity index (χ0n) is 23.1. The monoisotopic (exact) mass is 564 g/mol. The molecule has 8 nitrogen and oxygen atoms in total. The van der Waals surface area contributed by atoms with Crippen LogP contribution in [-0.4, -0.2) is 66.9 Å². The average molecular weight is 565 g/mol. The fourth-order valence-electron chi connectivity index (χ4n) is 5.44. The summed E-state index contributed by atoms with van der Waals surface area (Å²) in [4.78, 5) is 6.38. The molecule has 4 atom stereocenters. The topological polar surface area (TPSA) is 89.5 Å². The van der Waals surface area contributed by atoms with E-state index in [-0.39, 0.29) is 36.4 Å². The van der Waals surface area contributed by atoms with Gasteiger partial charge in [0.25, 0.3) is 10.1 Å². The van der Waals surface area contributed by atoms with Crippen LogP contribution in [0.25, 0.3) is 0 Å². The van der Waals surface area contributed by atoms with Gasteiger partial charge in [-0.2, -0.15) is 8.42 Å². The normalized spacial score (nSPS) is 26.1. The van der Waals surface area contributed by atoms with Crippen LogP contribution in [0.2, 0.25) is 5.04 Å². The van der Waals surface area contributed by atoms with Gasteiger partial charge in [-0.15, -0.1) is 0 Å². The SMILES string of the molecule is CC1(C)OC[C@H]([C@H]2OC[C@H](OO[Si](c3ccccc3)(c3ccccc3)C(C)(C)C)[C@@H]2CCOS(C)(=O)=O)O1. The predicted molar refractivity (Wildman–Crippen MR) is 147 cm³/mol. The highest BCUT2D eigenvalue weighted by molar-refractivity contribution is 7.85. The van der Waals surface area contributed by atoms with Gasteiger partial charge in [-0.05, 0) is 35.7 Å². The maximum atomic E-state index is 11.6. The molecule has 10 heteroatoms. The van der Waals surface area contributed by atoms with Crippen molar-refractivity contribution in [2.75, 3.05) is 26.1 Å². The minimum absolute atomic E-state index is 0.0133. The molecule has 0 saturated carbocycles. The van der Waals surface area contributed by atoms with E-state index in [1.165, 1.54) is 0 Å². The Hall–Kier alpha value is -1.63. The molecular weight excluding hydrogens is 524 g/mol. The summed E-state index contributed by atoms with van der Waals surface area (Å²) in [7, 11) is -6.52. The number of rotatable bonds is 10. The van der Waals surface area contributed by atoms with E-state index in [0.717, 1.165) is 16.6 Å². The molecule has 2 aliphatic heterocycles. The molecule has 2 fully saturated rings. The summed E-state index contributed by atoms with van der Waals surface area (Å²) >= 11 is 0. The highest BCUT2D eigenvalue weighted by atomic mass is 32.2. The second-order valence-electron chi connectivity index (χ2n) is 11.5. The number of benzene rings is 2. The average Bonchev–Trinajstić information content (AvgIpc) is 3.41. The summed E-state index contributed by atoms with van der Waals surface area (Å²) in [5.41, 5.74) is 0. The Balaban J connectivity index is 1.63. The van der Waals surface area contributed by atoms with Crippen LogP contribution in [0.1, 0.15) is 41.0 Å². The second kappa shape index (κ2) is 11.5. The van der Waals surface area contributed by atoms with Gasteiger partial charge in [0.2, 0.25) is 0 Å². The summed E-state index contributed by atoms with van der Waals surface area (Å²) in [5.74, 6) is -0.941. The third-order valence-corrected chi connectivity index (χ3v) is 12.6. The van der Waals surface area contributed by atoms with Gasteiger partial charge < -0.3 is 14.2 Å². The lowest BCUT2D eigenvalue weighted by atomic mass is 9.92. The lowest BCUT2D eigenvalue weighted by Gasteiger charge is -2.42. The molecule has 4 rings (SSSR count). The lowest BCUT2D eigenvalue weighted by Crippen LogP contribution is -2.66. The minimum Gasteiger partial charge on any atom is -0.372 e. The molecule has 0 bridgehead atoms. The summed E-state index contributed by atoms with van der Waals surface area (Å²) in [6.07, 6.45) is 0.332. The van der Waals surface area contributed by atoms with Gasteiger partial charge >= 0.3 is 8.32 Å². The van der Waals surface area contributed by atoms with Gasteiger partial charge in [0.05, 0.1) is 32.2 Å². The van der Waals surface area contributed by atoms with E-state index in [1.54, 1.807) is 0 Å². The first-order chi connectivity index (χ1) is 17.8. The number of hydrogen-bond donors (Lipinski definition) is 0.